The molecule has 252 valence electrons. The van der Waals surface area contributed by atoms with Gasteiger partial charge in [-0.1, -0.05) is 83.5 Å². The lowest BCUT2D eigenvalue weighted by atomic mass is 9.79. The lowest BCUT2D eigenvalue weighted by Crippen LogP contribution is -2.52. The minimum absolute atomic E-state index is 0.0299. The highest BCUT2D eigenvalue weighted by atomic mass is 19.2. The van der Waals surface area contributed by atoms with E-state index in [-0.39, 0.29) is 17.9 Å². The monoisotopic (exact) mass is 642 g/mol. The van der Waals surface area contributed by atoms with Gasteiger partial charge in [-0.05, 0) is 31.6 Å². The fraction of sp³-hybridized carbons (Fsp3) is 0.697. The molecule has 4 atom stereocenters. The summed E-state index contributed by atoms with van der Waals surface area (Å²) < 4.78 is 59.3. The van der Waals surface area contributed by atoms with Crippen molar-refractivity contribution in [2.75, 3.05) is 6.61 Å². The van der Waals surface area contributed by atoms with Gasteiger partial charge in [-0.25, -0.2) is 8.78 Å². The van der Waals surface area contributed by atoms with Crippen LogP contribution in [0.25, 0.3) is 0 Å². The summed E-state index contributed by atoms with van der Waals surface area (Å²) in [6.07, 6.45) is 16.1. The second-order valence-electron chi connectivity index (χ2n) is 12.6. The normalized spacial score (nSPS) is 21.8. The number of carbonyl (C=O) groups is 4. The van der Waals surface area contributed by atoms with Crippen molar-refractivity contribution in [2.24, 2.45) is 17.8 Å². The van der Waals surface area contributed by atoms with Crippen molar-refractivity contribution < 1.29 is 46.6 Å². The van der Waals surface area contributed by atoms with Crippen molar-refractivity contribution in [3.8, 4) is 5.75 Å². The summed E-state index contributed by atoms with van der Waals surface area (Å²) in [5.74, 6) is -11.3. The average Bonchev–Trinajstić information content (AvgIpc) is 3.21. The molecule has 0 bridgehead atoms. The zero-order chi connectivity index (χ0) is 32.9. The maximum Gasteiger partial charge on any atom is 0.305 e. The first-order valence-corrected chi connectivity index (χ1v) is 16.3. The van der Waals surface area contributed by atoms with E-state index in [0.29, 0.717) is 18.8 Å². The van der Waals surface area contributed by atoms with Gasteiger partial charge in [0.25, 0.3) is 0 Å². The number of halogens is 4. The van der Waals surface area contributed by atoms with Crippen LogP contribution in [-0.2, 0) is 19.2 Å². The molecule has 2 saturated carbocycles. The number of benzene rings is 1. The molecule has 0 heterocycles. The first kappa shape index (κ1) is 36.3. The van der Waals surface area contributed by atoms with Gasteiger partial charge in [-0.15, -0.1) is 0 Å². The third kappa shape index (κ3) is 11.3. The maximum absolute atomic E-state index is 13.9. The van der Waals surface area contributed by atoms with Gasteiger partial charge in [0, 0.05) is 12.0 Å². The number of carbonyl (C=O) groups excluding carboxylic acids is 3. The summed E-state index contributed by atoms with van der Waals surface area (Å²) >= 11 is 0. The molecular weight excluding hydrogens is 596 g/mol. The highest BCUT2D eigenvalue weighted by Gasteiger charge is 2.30. The lowest BCUT2D eigenvalue weighted by molar-refractivity contribution is -0.141. The summed E-state index contributed by atoms with van der Waals surface area (Å²) in [5, 5.41) is 14.1. The quantitative estimate of drug-likeness (QED) is 0.190. The van der Waals surface area contributed by atoms with Gasteiger partial charge in [0.2, 0.25) is 23.4 Å². The molecular formula is C33H46F4N2O6. The van der Waals surface area contributed by atoms with Crippen LogP contribution in [0.15, 0.2) is 6.07 Å². The van der Waals surface area contributed by atoms with Gasteiger partial charge in [0.1, 0.15) is 18.7 Å². The molecule has 2 fully saturated rings. The number of amides is 2. The van der Waals surface area contributed by atoms with E-state index in [0.717, 1.165) is 31.6 Å². The van der Waals surface area contributed by atoms with Gasteiger partial charge < -0.3 is 20.5 Å². The van der Waals surface area contributed by atoms with Gasteiger partial charge in [-0.3, -0.25) is 19.2 Å². The van der Waals surface area contributed by atoms with Crippen molar-refractivity contribution in [1.29, 1.82) is 0 Å². The Balaban J connectivity index is 1.54. The third-order valence-electron chi connectivity index (χ3n) is 9.21. The predicted molar refractivity (Wildman–Crippen MR) is 158 cm³/mol. The number of ketones is 1. The van der Waals surface area contributed by atoms with E-state index in [2.05, 4.69) is 15.4 Å². The van der Waals surface area contributed by atoms with Crippen molar-refractivity contribution in [2.45, 2.75) is 122 Å². The number of hydrogen-bond donors (Lipinski definition) is 3. The first-order valence-electron chi connectivity index (χ1n) is 16.3. The average molecular weight is 643 g/mol. The number of rotatable bonds is 11. The topological polar surface area (TPSA) is 122 Å². The molecule has 1 aromatic rings. The van der Waals surface area contributed by atoms with Crippen molar-refractivity contribution in [3.63, 3.8) is 0 Å². The smallest absolute Gasteiger partial charge is 0.305 e. The molecule has 0 radical (unpaired) electrons. The Hall–Kier alpha value is -3.18. The molecule has 0 aromatic heterocycles. The number of Topliss-reactive ketones (excluding diaryl/α,β-unsaturated/α-hetero) is 1. The molecule has 3 N–H and O–H groups in total. The van der Waals surface area contributed by atoms with E-state index >= 15 is 0 Å². The molecule has 3 rings (SSSR count). The van der Waals surface area contributed by atoms with Crippen LogP contribution < -0.4 is 15.4 Å². The SMILES string of the molecule is C[C@H](NC(=O)C1CCCCC(C2CCCCCCCC2)CCC1)C(=O)NC(CC(=O)O)C(=O)COc1c(F)c(F)cc(F)c1F. The Morgan fingerprint density at radius 1 is 0.778 bits per heavy atom. The first-order chi connectivity index (χ1) is 21.5. The van der Waals surface area contributed by atoms with Crippen molar-refractivity contribution in [3.05, 3.63) is 29.3 Å². The van der Waals surface area contributed by atoms with E-state index in [1.807, 2.05) is 0 Å². The molecule has 2 amide bonds. The molecule has 0 aliphatic heterocycles. The van der Waals surface area contributed by atoms with Gasteiger partial charge >= 0.3 is 5.97 Å². The Morgan fingerprint density at radius 3 is 1.84 bits per heavy atom. The zero-order valence-corrected chi connectivity index (χ0v) is 26.0. The zero-order valence-electron chi connectivity index (χ0n) is 26.0. The largest absolute Gasteiger partial charge is 0.481 e. The molecule has 2 aliphatic carbocycles. The third-order valence-corrected chi connectivity index (χ3v) is 9.21. The summed E-state index contributed by atoms with van der Waals surface area (Å²) in [6, 6.07) is -2.84. The number of nitrogens with one attached hydrogen (secondary N) is 2. The van der Waals surface area contributed by atoms with E-state index in [9.17, 15) is 41.8 Å². The van der Waals surface area contributed by atoms with Gasteiger partial charge in [-0.2, -0.15) is 8.78 Å². The number of hydrogen-bond acceptors (Lipinski definition) is 5. The molecule has 45 heavy (non-hydrogen) atoms. The summed E-state index contributed by atoms with van der Waals surface area (Å²) in [5.41, 5.74) is 0. The van der Waals surface area contributed by atoms with Crippen molar-refractivity contribution >= 4 is 23.6 Å². The summed E-state index contributed by atoms with van der Waals surface area (Å²) in [7, 11) is 0. The van der Waals surface area contributed by atoms with E-state index in [1.165, 1.54) is 64.7 Å². The number of carboxylic acids is 1. The Bertz CT molecular complexity index is 1150. The van der Waals surface area contributed by atoms with Crippen LogP contribution in [-0.4, -0.2) is 47.4 Å². The Labute approximate surface area is 262 Å². The molecule has 12 heteroatoms. The molecule has 1 aromatic carbocycles. The second kappa shape index (κ2) is 18.1. The Kier molecular flexibility index (Phi) is 14.6. The Morgan fingerprint density at radius 2 is 1.27 bits per heavy atom. The molecule has 3 unspecified atom stereocenters. The van der Waals surface area contributed by atoms with Gasteiger partial charge in [0.15, 0.2) is 23.2 Å². The minimum atomic E-state index is -1.87. The molecule has 8 nitrogen and oxygen atoms in total. The highest BCUT2D eigenvalue weighted by molar-refractivity contribution is 5.95. The molecule has 0 spiro atoms. The number of ether oxygens (including phenoxy) is 1. The minimum Gasteiger partial charge on any atom is -0.481 e. The van der Waals surface area contributed by atoms with Crippen LogP contribution in [0.3, 0.4) is 0 Å². The van der Waals surface area contributed by atoms with E-state index in [4.69, 9.17) is 0 Å². The van der Waals surface area contributed by atoms with E-state index in [1.54, 1.807) is 0 Å². The van der Waals surface area contributed by atoms with Crippen LogP contribution in [0.4, 0.5) is 17.6 Å². The highest BCUT2D eigenvalue weighted by Crippen LogP contribution is 2.36. The van der Waals surface area contributed by atoms with E-state index < -0.39 is 71.8 Å². The second-order valence-corrected chi connectivity index (χ2v) is 12.6. The maximum atomic E-state index is 13.9. The van der Waals surface area contributed by atoms with Crippen LogP contribution in [0.1, 0.15) is 110 Å². The van der Waals surface area contributed by atoms with Crippen molar-refractivity contribution in [1.82, 2.24) is 10.6 Å². The lowest BCUT2D eigenvalue weighted by Gasteiger charge is -2.27. The van der Waals surface area contributed by atoms with Gasteiger partial charge in [0.05, 0.1) is 6.42 Å². The fourth-order valence-corrected chi connectivity index (χ4v) is 6.62. The fourth-order valence-electron chi connectivity index (χ4n) is 6.62. The molecule has 0 saturated heterocycles. The summed E-state index contributed by atoms with van der Waals surface area (Å²) in [6.45, 7) is 0.217. The van der Waals surface area contributed by atoms with Crippen LogP contribution in [0, 0.1) is 41.0 Å². The number of aliphatic carboxylic acids is 1. The predicted octanol–water partition coefficient (Wildman–Crippen LogP) is 6.38. The number of carboxylic acid groups (broad SMARTS) is 1. The van der Waals surface area contributed by atoms with Crippen LogP contribution >= 0.6 is 0 Å². The van der Waals surface area contributed by atoms with Crippen LogP contribution in [0.5, 0.6) is 5.75 Å². The standard InChI is InChI=1S/C33H46F4N2O6/c1-20(32(43)39-26(18-28(41)42)27(40)19-45-31-29(36)24(34)17-25(35)30(31)37)38-33(44)23-14-9-8-13-22(15-10-16-23)21-11-6-4-2-3-5-7-12-21/h17,20-23,26H,2-16,18-19H2,1H3,(H,38,44)(H,39,43)(H,41,42)/t20-,22?,23?,26?/m0/s1. The van der Waals surface area contributed by atoms with Crippen LogP contribution in [0.2, 0.25) is 0 Å². The molecule has 2 aliphatic rings. The summed E-state index contributed by atoms with van der Waals surface area (Å²) in [4.78, 5) is 50.0.